The van der Waals surface area contributed by atoms with Crippen molar-refractivity contribution in [2.45, 2.75) is 0 Å². The average molecular weight is 347 g/mol. The molecule has 0 saturated carbocycles. The lowest BCUT2D eigenvalue weighted by molar-refractivity contribution is 1.12. The van der Waals surface area contributed by atoms with Crippen LogP contribution in [0, 0.1) is 0 Å². The molecule has 0 aliphatic rings. The van der Waals surface area contributed by atoms with Gasteiger partial charge in [0, 0.05) is 22.3 Å². The maximum atomic E-state index is 4.60. The molecule has 0 spiro atoms. The number of aromatic nitrogens is 5. The summed E-state index contributed by atoms with van der Waals surface area (Å²) in [5.74, 6) is 0.536. The molecule has 0 saturated heterocycles. The van der Waals surface area contributed by atoms with Crippen LogP contribution in [0.25, 0.3) is 21.1 Å². The first-order valence-corrected chi connectivity index (χ1v) is 7.38. The number of benzene rings is 1. The summed E-state index contributed by atoms with van der Waals surface area (Å²) in [7, 11) is 0. The van der Waals surface area contributed by atoms with Crippen molar-refractivity contribution in [2.24, 2.45) is 0 Å². The van der Waals surface area contributed by atoms with Gasteiger partial charge >= 0.3 is 0 Å². The summed E-state index contributed by atoms with van der Waals surface area (Å²) < 4.78 is 2.05. The van der Waals surface area contributed by atoms with Crippen molar-refractivity contribution in [3.8, 4) is 0 Å². The number of H-pyrrole nitrogens is 1. The van der Waals surface area contributed by atoms with Crippen molar-refractivity contribution in [3.63, 3.8) is 0 Å². The SMILES string of the molecule is Brc1cc2sc(Nc3ncccn3)nc2c2cn[nH]c12. The lowest BCUT2D eigenvalue weighted by atomic mass is 10.2. The highest BCUT2D eigenvalue weighted by Crippen LogP contribution is 2.35. The number of nitrogens with one attached hydrogen (secondary N) is 2. The fourth-order valence-corrected chi connectivity index (χ4v) is 3.57. The Kier molecular flexibility index (Phi) is 2.64. The number of nitrogens with zero attached hydrogens (tertiary/aromatic N) is 4. The van der Waals surface area contributed by atoms with Crippen LogP contribution in [-0.2, 0) is 0 Å². The number of aromatic amines is 1. The van der Waals surface area contributed by atoms with E-state index < -0.39 is 0 Å². The molecule has 98 valence electrons. The smallest absolute Gasteiger partial charge is 0.228 e. The number of rotatable bonds is 2. The summed E-state index contributed by atoms with van der Waals surface area (Å²) in [5, 5.41) is 11.9. The summed E-state index contributed by atoms with van der Waals surface area (Å²) in [5.41, 5.74) is 1.87. The molecule has 2 N–H and O–H groups in total. The Hall–Kier alpha value is -2.06. The van der Waals surface area contributed by atoms with Gasteiger partial charge in [0.2, 0.25) is 5.95 Å². The quantitative estimate of drug-likeness (QED) is 0.580. The van der Waals surface area contributed by atoms with Gasteiger partial charge in [0.15, 0.2) is 5.13 Å². The highest BCUT2D eigenvalue weighted by molar-refractivity contribution is 9.10. The fourth-order valence-electron chi connectivity index (χ4n) is 1.97. The van der Waals surface area contributed by atoms with Gasteiger partial charge in [-0.1, -0.05) is 11.3 Å². The second-order valence-electron chi connectivity index (χ2n) is 4.08. The van der Waals surface area contributed by atoms with Gasteiger partial charge in [-0.3, -0.25) is 5.10 Å². The van der Waals surface area contributed by atoms with Gasteiger partial charge in [0.25, 0.3) is 0 Å². The zero-order valence-corrected chi connectivity index (χ0v) is 12.4. The lowest BCUT2D eigenvalue weighted by Crippen LogP contribution is -1.94. The third-order valence-corrected chi connectivity index (χ3v) is 4.37. The van der Waals surface area contributed by atoms with Gasteiger partial charge in [0.1, 0.15) is 0 Å². The normalized spacial score (nSPS) is 11.2. The van der Waals surface area contributed by atoms with E-state index in [1.807, 2.05) is 6.07 Å². The van der Waals surface area contributed by atoms with Crippen molar-refractivity contribution in [3.05, 3.63) is 35.2 Å². The molecule has 0 aliphatic heterocycles. The molecular weight excluding hydrogens is 340 g/mol. The Morgan fingerprint density at radius 3 is 2.95 bits per heavy atom. The standard InChI is InChI=1S/C12H7BrN6S/c13-7-4-8-10(6-5-16-19-9(6)7)17-12(20-8)18-11-14-2-1-3-15-11/h1-5H,(H,16,19)(H,14,15,17,18). The van der Waals surface area contributed by atoms with Crippen LogP contribution in [0.15, 0.2) is 35.2 Å². The van der Waals surface area contributed by atoms with E-state index in [0.29, 0.717) is 5.95 Å². The monoisotopic (exact) mass is 346 g/mol. The van der Waals surface area contributed by atoms with E-state index in [9.17, 15) is 0 Å². The van der Waals surface area contributed by atoms with Crippen LogP contribution in [0.3, 0.4) is 0 Å². The molecule has 0 unspecified atom stereocenters. The van der Waals surface area contributed by atoms with Crippen LogP contribution in [0.4, 0.5) is 11.1 Å². The van der Waals surface area contributed by atoms with Gasteiger partial charge in [-0.15, -0.1) is 0 Å². The second-order valence-corrected chi connectivity index (χ2v) is 5.97. The molecule has 20 heavy (non-hydrogen) atoms. The number of thiazole rings is 1. The number of hydrogen-bond donors (Lipinski definition) is 2. The molecule has 8 heteroatoms. The summed E-state index contributed by atoms with van der Waals surface area (Å²) in [6, 6.07) is 3.81. The van der Waals surface area contributed by atoms with Gasteiger partial charge in [-0.25, -0.2) is 15.0 Å². The van der Waals surface area contributed by atoms with Gasteiger partial charge in [-0.05, 0) is 28.1 Å². The summed E-state index contributed by atoms with van der Waals surface area (Å²) in [6.45, 7) is 0. The lowest BCUT2D eigenvalue weighted by Gasteiger charge is -1.97. The molecule has 6 nitrogen and oxygen atoms in total. The van der Waals surface area contributed by atoms with Crippen molar-refractivity contribution >= 4 is 59.5 Å². The maximum Gasteiger partial charge on any atom is 0.228 e. The minimum absolute atomic E-state index is 0.536. The van der Waals surface area contributed by atoms with E-state index in [1.54, 1.807) is 36.0 Å². The first-order valence-electron chi connectivity index (χ1n) is 5.77. The van der Waals surface area contributed by atoms with Crippen molar-refractivity contribution < 1.29 is 0 Å². The van der Waals surface area contributed by atoms with Gasteiger partial charge in [0.05, 0.1) is 21.9 Å². The molecule has 0 aliphatic carbocycles. The molecule has 0 radical (unpaired) electrons. The van der Waals surface area contributed by atoms with Crippen LogP contribution in [0.1, 0.15) is 0 Å². The van der Waals surface area contributed by atoms with E-state index in [-0.39, 0.29) is 0 Å². The van der Waals surface area contributed by atoms with E-state index in [4.69, 9.17) is 0 Å². The molecule has 3 aromatic heterocycles. The van der Waals surface area contributed by atoms with E-state index in [2.05, 4.69) is 46.4 Å². The van der Waals surface area contributed by atoms with E-state index >= 15 is 0 Å². The molecule has 4 rings (SSSR count). The maximum absolute atomic E-state index is 4.60. The first kappa shape index (κ1) is 11.7. The molecule has 4 aromatic rings. The van der Waals surface area contributed by atoms with Crippen molar-refractivity contribution in [2.75, 3.05) is 5.32 Å². The zero-order chi connectivity index (χ0) is 13.5. The average Bonchev–Trinajstić information content (AvgIpc) is 3.06. The summed E-state index contributed by atoms with van der Waals surface area (Å²) >= 11 is 5.09. The number of halogens is 1. The Balaban J connectivity index is 1.86. The third-order valence-electron chi connectivity index (χ3n) is 2.83. The Morgan fingerprint density at radius 1 is 1.25 bits per heavy atom. The predicted octanol–water partition coefficient (Wildman–Crippen LogP) is 3.47. The number of hydrogen-bond acceptors (Lipinski definition) is 6. The Labute approximate surface area is 125 Å². The molecule has 0 fully saturated rings. The van der Waals surface area contributed by atoms with Gasteiger partial charge < -0.3 is 5.32 Å². The molecular formula is C12H7BrN6S. The van der Waals surface area contributed by atoms with E-state index in [1.165, 1.54) is 0 Å². The predicted molar refractivity (Wildman–Crippen MR) is 82.3 cm³/mol. The zero-order valence-electron chi connectivity index (χ0n) is 9.96. The molecule has 0 amide bonds. The van der Waals surface area contributed by atoms with Crippen LogP contribution in [0.5, 0.6) is 0 Å². The highest BCUT2D eigenvalue weighted by atomic mass is 79.9. The molecule has 0 atom stereocenters. The molecule has 3 heterocycles. The number of anilines is 2. The van der Waals surface area contributed by atoms with Crippen LogP contribution in [-0.4, -0.2) is 25.1 Å². The van der Waals surface area contributed by atoms with Gasteiger partial charge in [-0.2, -0.15) is 5.10 Å². The minimum atomic E-state index is 0.536. The molecule has 0 bridgehead atoms. The number of fused-ring (bicyclic) bond motifs is 3. The van der Waals surface area contributed by atoms with Crippen LogP contribution < -0.4 is 5.32 Å². The first-order chi connectivity index (χ1) is 9.81. The van der Waals surface area contributed by atoms with Crippen LogP contribution >= 0.6 is 27.3 Å². The largest absolute Gasteiger partial charge is 0.300 e. The third kappa shape index (κ3) is 1.84. The Morgan fingerprint density at radius 2 is 2.10 bits per heavy atom. The molecule has 1 aromatic carbocycles. The van der Waals surface area contributed by atoms with Crippen molar-refractivity contribution in [1.82, 2.24) is 25.1 Å². The van der Waals surface area contributed by atoms with E-state index in [0.717, 1.165) is 30.7 Å². The Bertz CT molecular complexity index is 900. The summed E-state index contributed by atoms with van der Waals surface area (Å²) in [6.07, 6.45) is 5.16. The second kappa shape index (κ2) is 4.50. The van der Waals surface area contributed by atoms with Crippen LogP contribution in [0.2, 0.25) is 0 Å². The minimum Gasteiger partial charge on any atom is -0.300 e. The topological polar surface area (TPSA) is 79.4 Å². The summed E-state index contributed by atoms with van der Waals surface area (Å²) in [4.78, 5) is 12.9. The highest BCUT2D eigenvalue weighted by Gasteiger charge is 2.12. The fraction of sp³-hybridized carbons (Fsp3) is 0. The van der Waals surface area contributed by atoms with Crippen molar-refractivity contribution in [1.29, 1.82) is 0 Å².